The third-order valence-electron chi connectivity index (χ3n) is 4.26. The lowest BCUT2D eigenvalue weighted by atomic mass is 10.2. The largest absolute Gasteiger partial charge is 0.497 e. The number of methoxy groups -OCH3 is 2. The summed E-state index contributed by atoms with van der Waals surface area (Å²) < 4.78 is 35.4. The maximum absolute atomic E-state index is 12.7. The van der Waals surface area contributed by atoms with E-state index in [1.165, 1.54) is 26.4 Å². The van der Waals surface area contributed by atoms with Gasteiger partial charge in [0.15, 0.2) is 4.80 Å². The molecule has 1 amide bonds. The number of sulfonamides is 1. The summed E-state index contributed by atoms with van der Waals surface area (Å²) in [5.41, 5.74) is 0.949. The molecule has 3 rings (SSSR count). The lowest BCUT2D eigenvalue weighted by Gasteiger charge is -2.05. The van der Waals surface area contributed by atoms with Gasteiger partial charge in [-0.2, -0.15) is 4.99 Å². The summed E-state index contributed by atoms with van der Waals surface area (Å²) in [4.78, 5) is 28.8. The Bertz CT molecular complexity index is 1290. The molecule has 2 N–H and O–H groups in total. The third-order valence-corrected chi connectivity index (χ3v) is 6.22. The molecule has 0 aliphatic carbocycles. The molecular formula is C19H19N3O6S2. The minimum atomic E-state index is -3.89. The van der Waals surface area contributed by atoms with Crippen molar-refractivity contribution in [3.8, 4) is 5.75 Å². The molecule has 30 heavy (non-hydrogen) atoms. The Kier molecular flexibility index (Phi) is 6.34. The Morgan fingerprint density at radius 2 is 1.93 bits per heavy atom. The molecule has 0 aliphatic rings. The van der Waals surface area contributed by atoms with Gasteiger partial charge in [-0.3, -0.25) is 9.59 Å². The summed E-state index contributed by atoms with van der Waals surface area (Å²) in [5, 5.41) is 5.21. The van der Waals surface area contributed by atoms with Gasteiger partial charge in [0.25, 0.3) is 5.91 Å². The maximum atomic E-state index is 12.7. The van der Waals surface area contributed by atoms with Gasteiger partial charge in [-0.05, 0) is 36.4 Å². The number of ether oxygens (including phenoxy) is 2. The fourth-order valence-electron chi connectivity index (χ4n) is 2.74. The van der Waals surface area contributed by atoms with E-state index in [4.69, 9.17) is 9.88 Å². The van der Waals surface area contributed by atoms with Crippen LogP contribution in [0.4, 0.5) is 0 Å². The van der Waals surface area contributed by atoms with Crippen LogP contribution in [0.15, 0.2) is 52.4 Å². The van der Waals surface area contributed by atoms with E-state index in [1.807, 2.05) is 0 Å². The number of benzene rings is 2. The molecule has 0 saturated carbocycles. The van der Waals surface area contributed by atoms with Gasteiger partial charge in [-0.15, -0.1) is 0 Å². The average Bonchev–Trinajstić information content (AvgIpc) is 3.07. The predicted molar refractivity (Wildman–Crippen MR) is 111 cm³/mol. The van der Waals surface area contributed by atoms with E-state index in [1.54, 1.807) is 34.9 Å². The van der Waals surface area contributed by atoms with Crippen molar-refractivity contribution in [1.82, 2.24) is 4.57 Å². The summed E-state index contributed by atoms with van der Waals surface area (Å²) in [7, 11) is -1.11. The second-order valence-electron chi connectivity index (χ2n) is 6.19. The van der Waals surface area contributed by atoms with Crippen LogP contribution in [-0.2, 0) is 26.1 Å². The highest BCUT2D eigenvalue weighted by Gasteiger charge is 2.15. The van der Waals surface area contributed by atoms with Gasteiger partial charge in [0, 0.05) is 12.1 Å². The quantitative estimate of drug-likeness (QED) is 0.570. The molecule has 0 aliphatic heterocycles. The Labute approximate surface area is 176 Å². The minimum absolute atomic E-state index is 0.0537. The zero-order valence-electron chi connectivity index (χ0n) is 16.2. The third kappa shape index (κ3) is 4.75. The molecule has 1 aromatic heterocycles. The molecule has 0 spiro atoms. The lowest BCUT2D eigenvalue weighted by molar-refractivity contribution is -0.140. The van der Waals surface area contributed by atoms with Crippen LogP contribution >= 0.6 is 11.3 Å². The summed E-state index contributed by atoms with van der Waals surface area (Å²) in [5.74, 6) is -0.407. The first-order valence-corrected chi connectivity index (χ1v) is 11.1. The molecule has 0 saturated heterocycles. The molecule has 0 bridgehead atoms. The van der Waals surface area contributed by atoms with Crippen LogP contribution < -0.4 is 14.7 Å². The standard InChI is InChI=1S/C19H19N3O6S2/c1-27-13-5-3-4-12(10-13)18(24)21-19-22(9-8-17(23)28-2)15-7-6-14(30(20,25)26)11-16(15)29-19/h3-7,10-11H,8-9H2,1-2H3,(H2,20,25,26). The van der Waals surface area contributed by atoms with Crippen LogP contribution in [0.1, 0.15) is 16.8 Å². The molecule has 1 heterocycles. The van der Waals surface area contributed by atoms with Crippen molar-refractivity contribution in [3.63, 3.8) is 0 Å². The number of nitrogens with two attached hydrogens (primary N) is 1. The number of amides is 1. The highest BCUT2D eigenvalue weighted by Crippen LogP contribution is 2.22. The molecule has 3 aromatic rings. The Morgan fingerprint density at radius 3 is 2.60 bits per heavy atom. The van der Waals surface area contributed by atoms with Crippen LogP contribution in [0.3, 0.4) is 0 Å². The number of esters is 1. The SMILES string of the molecule is COC(=O)CCn1c(=NC(=O)c2cccc(OC)c2)sc2cc(S(N)(=O)=O)ccc21. The normalized spacial score (nSPS) is 12.2. The monoisotopic (exact) mass is 449 g/mol. The van der Waals surface area contributed by atoms with Gasteiger partial charge in [0.2, 0.25) is 10.0 Å². The van der Waals surface area contributed by atoms with E-state index in [2.05, 4.69) is 9.73 Å². The summed E-state index contributed by atoms with van der Waals surface area (Å²) in [6, 6.07) is 10.9. The van der Waals surface area contributed by atoms with E-state index >= 15 is 0 Å². The van der Waals surface area contributed by atoms with Crippen molar-refractivity contribution >= 4 is 43.5 Å². The van der Waals surface area contributed by atoms with Gasteiger partial charge in [0.1, 0.15) is 5.75 Å². The molecule has 0 radical (unpaired) electrons. The molecule has 0 unspecified atom stereocenters. The number of primary sulfonamides is 1. The number of aryl methyl sites for hydroxylation is 1. The topological polar surface area (TPSA) is 130 Å². The van der Waals surface area contributed by atoms with Crippen LogP contribution in [0, 0.1) is 0 Å². The first-order valence-electron chi connectivity index (χ1n) is 8.69. The summed E-state index contributed by atoms with van der Waals surface area (Å²) in [6.07, 6.45) is 0.0554. The van der Waals surface area contributed by atoms with E-state index < -0.39 is 21.9 Å². The number of nitrogens with zero attached hydrogens (tertiary/aromatic N) is 2. The number of carbonyl (C=O) groups excluding carboxylic acids is 2. The number of fused-ring (bicyclic) bond motifs is 1. The van der Waals surface area contributed by atoms with Gasteiger partial charge in [-0.25, -0.2) is 13.6 Å². The van der Waals surface area contributed by atoms with Crippen LogP contribution in [-0.4, -0.2) is 39.1 Å². The number of carbonyl (C=O) groups is 2. The van der Waals surface area contributed by atoms with E-state index in [-0.39, 0.29) is 17.9 Å². The fraction of sp³-hybridized carbons (Fsp3) is 0.211. The second kappa shape index (κ2) is 8.78. The van der Waals surface area contributed by atoms with Crippen LogP contribution in [0.25, 0.3) is 10.2 Å². The Morgan fingerprint density at radius 1 is 1.17 bits per heavy atom. The number of aromatic nitrogens is 1. The molecule has 0 fully saturated rings. The van der Waals surface area contributed by atoms with Gasteiger partial charge in [0.05, 0.1) is 35.8 Å². The smallest absolute Gasteiger partial charge is 0.307 e. The maximum Gasteiger partial charge on any atom is 0.307 e. The zero-order chi connectivity index (χ0) is 21.9. The summed E-state index contributed by atoms with van der Waals surface area (Å²) >= 11 is 1.12. The second-order valence-corrected chi connectivity index (χ2v) is 8.76. The van der Waals surface area contributed by atoms with E-state index in [9.17, 15) is 18.0 Å². The molecule has 9 nitrogen and oxygen atoms in total. The zero-order valence-corrected chi connectivity index (χ0v) is 17.8. The molecular weight excluding hydrogens is 430 g/mol. The number of hydrogen-bond acceptors (Lipinski definition) is 7. The van der Waals surface area contributed by atoms with Crippen molar-refractivity contribution in [2.45, 2.75) is 17.9 Å². The van der Waals surface area contributed by atoms with Gasteiger partial charge >= 0.3 is 5.97 Å². The number of rotatable bonds is 6. The van der Waals surface area contributed by atoms with Gasteiger partial charge < -0.3 is 14.0 Å². The number of hydrogen-bond donors (Lipinski definition) is 1. The van der Waals surface area contributed by atoms with Crippen molar-refractivity contribution in [2.24, 2.45) is 10.1 Å². The van der Waals surface area contributed by atoms with Crippen LogP contribution in [0.5, 0.6) is 5.75 Å². The fourth-order valence-corrected chi connectivity index (χ4v) is 4.45. The molecule has 2 aromatic carbocycles. The highest BCUT2D eigenvalue weighted by atomic mass is 32.2. The summed E-state index contributed by atoms with van der Waals surface area (Å²) in [6.45, 7) is 0.200. The number of thiazole rings is 1. The van der Waals surface area contributed by atoms with Crippen LogP contribution in [0.2, 0.25) is 0 Å². The Hall–Kier alpha value is -3.02. The highest BCUT2D eigenvalue weighted by molar-refractivity contribution is 7.89. The van der Waals surface area contributed by atoms with E-state index in [0.29, 0.717) is 26.3 Å². The first kappa shape index (κ1) is 21.7. The Balaban J connectivity index is 2.13. The predicted octanol–water partition coefficient (Wildman–Crippen LogP) is 1.66. The molecule has 11 heteroatoms. The lowest BCUT2D eigenvalue weighted by Crippen LogP contribution is -2.19. The van der Waals surface area contributed by atoms with Gasteiger partial charge in [-0.1, -0.05) is 17.4 Å². The minimum Gasteiger partial charge on any atom is -0.497 e. The van der Waals surface area contributed by atoms with Crippen molar-refractivity contribution in [3.05, 3.63) is 52.8 Å². The average molecular weight is 450 g/mol. The molecule has 158 valence electrons. The molecule has 0 atom stereocenters. The van der Waals surface area contributed by atoms with Crippen molar-refractivity contribution < 1.29 is 27.5 Å². The van der Waals surface area contributed by atoms with Crippen molar-refractivity contribution in [2.75, 3.05) is 14.2 Å². The first-order chi connectivity index (χ1) is 14.2. The van der Waals surface area contributed by atoms with E-state index in [0.717, 1.165) is 11.3 Å². The van der Waals surface area contributed by atoms with Crippen molar-refractivity contribution in [1.29, 1.82) is 0 Å².